The molecule has 0 spiro atoms. The lowest BCUT2D eigenvalue weighted by Crippen LogP contribution is -2.18. The van der Waals surface area contributed by atoms with Crippen LogP contribution in [-0.4, -0.2) is 36.9 Å². The Kier molecular flexibility index (Phi) is 5.62. The summed E-state index contributed by atoms with van der Waals surface area (Å²) >= 11 is 0. The molecule has 4 rings (SSSR count). The molecule has 0 saturated carbocycles. The van der Waals surface area contributed by atoms with Gasteiger partial charge in [-0.3, -0.25) is 10.00 Å². The van der Waals surface area contributed by atoms with Crippen molar-refractivity contribution < 1.29 is 9.53 Å². The van der Waals surface area contributed by atoms with Gasteiger partial charge in [-0.2, -0.15) is 10.4 Å². The molecule has 2 N–H and O–H groups in total. The molecule has 9 nitrogen and oxygen atoms in total. The summed E-state index contributed by atoms with van der Waals surface area (Å²) in [5.74, 6) is 0. The van der Waals surface area contributed by atoms with Crippen LogP contribution >= 0.6 is 0 Å². The second-order valence-electron chi connectivity index (χ2n) is 7.25. The lowest BCUT2D eigenvalue weighted by Gasteiger charge is -2.16. The maximum absolute atomic E-state index is 11.9. The number of hydrogen-bond acceptors (Lipinski definition) is 6. The number of aromatic amines is 1. The van der Waals surface area contributed by atoms with Crippen molar-refractivity contribution >= 4 is 22.8 Å². The molecule has 3 heterocycles. The van der Waals surface area contributed by atoms with Gasteiger partial charge in [-0.25, -0.2) is 14.8 Å². The SMILES string of the molecule is CC(C)OC(=O)Nc1cccc(C(CC#N)n2cc(-c3ncnc4[nH]ccc34)cn2)c1. The first-order valence-corrected chi connectivity index (χ1v) is 9.82. The quantitative estimate of drug-likeness (QED) is 0.485. The van der Waals surface area contributed by atoms with Crippen LogP contribution in [0.2, 0.25) is 0 Å². The Balaban J connectivity index is 1.63. The van der Waals surface area contributed by atoms with Gasteiger partial charge in [0, 0.05) is 29.0 Å². The number of rotatable bonds is 6. The van der Waals surface area contributed by atoms with E-state index in [9.17, 15) is 10.1 Å². The molecule has 1 unspecified atom stereocenters. The highest BCUT2D eigenvalue weighted by atomic mass is 16.6. The molecule has 0 saturated heterocycles. The van der Waals surface area contributed by atoms with E-state index in [0.29, 0.717) is 5.69 Å². The summed E-state index contributed by atoms with van der Waals surface area (Å²) in [5.41, 5.74) is 3.76. The van der Waals surface area contributed by atoms with E-state index >= 15 is 0 Å². The predicted octanol–water partition coefficient (Wildman–Crippen LogP) is 4.28. The van der Waals surface area contributed by atoms with E-state index in [1.165, 1.54) is 6.33 Å². The number of anilines is 1. The van der Waals surface area contributed by atoms with Crippen LogP contribution in [0.5, 0.6) is 0 Å². The van der Waals surface area contributed by atoms with Gasteiger partial charge in [0.1, 0.15) is 12.0 Å². The predicted molar refractivity (Wildman–Crippen MR) is 115 cm³/mol. The molecule has 0 aliphatic carbocycles. The number of hydrogen-bond donors (Lipinski definition) is 2. The Bertz CT molecular complexity index is 1250. The van der Waals surface area contributed by atoms with Gasteiger partial charge in [0.05, 0.1) is 36.5 Å². The summed E-state index contributed by atoms with van der Waals surface area (Å²) < 4.78 is 6.87. The number of H-pyrrole nitrogens is 1. The lowest BCUT2D eigenvalue weighted by molar-refractivity contribution is 0.130. The van der Waals surface area contributed by atoms with Crippen LogP contribution < -0.4 is 5.32 Å². The highest BCUT2D eigenvalue weighted by molar-refractivity contribution is 5.90. The third-order valence-corrected chi connectivity index (χ3v) is 4.69. The Morgan fingerprint density at radius 3 is 3.00 bits per heavy atom. The van der Waals surface area contributed by atoms with Gasteiger partial charge >= 0.3 is 6.09 Å². The summed E-state index contributed by atoms with van der Waals surface area (Å²) in [7, 11) is 0. The van der Waals surface area contributed by atoms with Gasteiger partial charge in [0.25, 0.3) is 0 Å². The second-order valence-corrected chi connectivity index (χ2v) is 7.25. The Morgan fingerprint density at radius 2 is 2.19 bits per heavy atom. The average molecular weight is 415 g/mol. The van der Waals surface area contributed by atoms with E-state index < -0.39 is 6.09 Å². The molecule has 0 bridgehead atoms. The molecule has 156 valence electrons. The molecular formula is C22H21N7O2. The van der Waals surface area contributed by atoms with Crippen molar-refractivity contribution in [2.45, 2.75) is 32.4 Å². The van der Waals surface area contributed by atoms with Gasteiger partial charge < -0.3 is 9.72 Å². The molecule has 1 aromatic carbocycles. The van der Waals surface area contributed by atoms with E-state index in [1.807, 2.05) is 36.7 Å². The second kappa shape index (κ2) is 8.67. The van der Waals surface area contributed by atoms with Crippen LogP contribution in [0.15, 0.2) is 55.2 Å². The van der Waals surface area contributed by atoms with E-state index in [4.69, 9.17) is 4.74 Å². The standard InChI is InChI=1S/C22H21N7O2/c1-14(2)31-22(30)28-17-5-3-4-15(10-17)19(6-8-23)29-12-16(11-27-29)20-18-7-9-24-21(18)26-13-25-20/h3-5,7,9-14,19H,6H2,1-2H3,(H,28,30)(H,24,25,26). The number of carbonyl (C=O) groups excluding carboxylic acids is 1. The summed E-state index contributed by atoms with van der Waals surface area (Å²) in [6.07, 6.45) is 6.38. The van der Waals surface area contributed by atoms with Crippen molar-refractivity contribution in [3.8, 4) is 17.3 Å². The molecule has 31 heavy (non-hydrogen) atoms. The Hall–Kier alpha value is -4.19. The summed E-state index contributed by atoms with van der Waals surface area (Å²) in [6, 6.07) is 11.1. The maximum atomic E-state index is 11.9. The van der Waals surface area contributed by atoms with Crippen molar-refractivity contribution in [1.29, 1.82) is 5.26 Å². The average Bonchev–Trinajstić information content (AvgIpc) is 3.41. The summed E-state index contributed by atoms with van der Waals surface area (Å²) in [4.78, 5) is 23.6. The summed E-state index contributed by atoms with van der Waals surface area (Å²) in [6.45, 7) is 3.57. The fourth-order valence-corrected chi connectivity index (χ4v) is 3.37. The minimum Gasteiger partial charge on any atom is -0.447 e. The molecule has 0 radical (unpaired) electrons. The van der Waals surface area contributed by atoms with Crippen LogP contribution in [0.1, 0.15) is 31.9 Å². The number of nitriles is 1. The van der Waals surface area contributed by atoms with Crippen molar-refractivity contribution in [3.63, 3.8) is 0 Å². The summed E-state index contributed by atoms with van der Waals surface area (Å²) in [5, 5.41) is 17.5. The largest absolute Gasteiger partial charge is 0.447 e. The number of ether oxygens (including phenoxy) is 1. The van der Waals surface area contributed by atoms with Crippen LogP contribution in [0.4, 0.5) is 10.5 Å². The smallest absolute Gasteiger partial charge is 0.411 e. The highest BCUT2D eigenvalue weighted by Crippen LogP contribution is 2.28. The monoisotopic (exact) mass is 415 g/mol. The van der Waals surface area contributed by atoms with E-state index in [0.717, 1.165) is 27.9 Å². The maximum Gasteiger partial charge on any atom is 0.411 e. The first-order chi connectivity index (χ1) is 15.0. The molecule has 0 aliphatic heterocycles. The van der Waals surface area contributed by atoms with Crippen LogP contribution in [-0.2, 0) is 4.74 Å². The number of nitrogens with zero attached hydrogens (tertiary/aromatic N) is 5. The minimum absolute atomic E-state index is 0.213. The van der Waals surface area contributed by atoms with E-state index in [1.54, 1.807) is 30.8 Å². The van der Waals surface area contributed by atoms with Gasteiger partial charge in [0.2, 0.25) is 0 Å². The zero-order chi connectivity index (χ0) is 21.8. The molecule has 9 heteroatoms. The highest BCUT2D eigenvalue weighted by Gasteiger charge is 2.18. The number of fused-ring (bicyclic) bond motifs is 1. The Labute approximate surface area is 178 Å². The molecule has 4 aromatic rings. The Morgan fingerprint density at radius 1 is 1.32 bits per heavy atom. The van der Waals surface area contributed by atoms with Crippen LogP contribution in [0.25, 0.3) is 22.3 Å². The first kappa shape index (κ1) is 20.1. The number of benzene rings is 1. The molecular weight excluding hydrogens is 394 g/mol. The molecule has 3 aromatic heterocycles. The number of nitrogens with one attached hydrogen (secondary N) is 2. The first-order valence-electron chi connectivity index (χ1n) is 9.82. The van der Waals surface area contributed by atoms with Crippen LogP contribution in [0, 0.1) is 11.3 Å². The number of carbonyl (C=O) groups is 1. The van der Waals surface area contributed by atoms with Gasteiger partial charge in [-0.1, -0.05) is 12.1 Å². The molecule has 1 atom stereocenters. The van der Waals surface area contributed by atoms with E-state index in [2.05, 4.69) is 31.4 Å². The van der Waals surface area contributed by atoms with Gasteiger partial charge in [-0.05, 0) is 37.6 Å². The van der Waals surface area contributed by atoms with Crippen LogP contribution in [0.3, 0.4) is 0 Å². The van der Waals surface area contributed by atoms with Gasteiger partial charge in [0.15, 0.2) is 0 Å². The lowest BCUT2D eigenvalue weighted by atomic mass is 10.0. The fourth-order valence-electron chi connectivity index (χ4n) is 3.37. The molecule has 1 amide bonds. The number of amides is 1. The van der Waals surface area contributed by atoms with Crippen molar-refractivity contribution in [1.82, 2.24) is 24.7 Å². The van der Waals surface area contributed by atoms with E-state index in [-0.39, 0.29) is 18.6 Å². The third-order valence-electron chi connectivity index (χ3n) is 4.69. The molecule has 0 aliphatic rings. The number of aromatic nitrogens is 5. The van der Waals surface area contributed by atoms with Crippen molar-refractivity contribution in [3.05, 3.63) is 60.8 Å². The fraction of sp³-hybridized carbons (Fsp3) is 0.227. The topological polar surface area (TPSA) is 122 Å². The van der Waals surface area contributed by atoms with Crippen molar-refractivity contribution in [2.75, 3.05) is 5.32 Å². The van der Waals surface area contributed by atoms with Gasteiger partial charge in [-0.15, -0.1) is 0 Å². The minimum atomic E-state index is -0.523. The molecule has 0 fully saturated rings. The third kappa shape index (κ3) is 4.38. The normalized spacial score (nSPS) is 11.9. The zero-order valence-corrected chi connectivity index (χ0v) is 17.1. The zero-order valence-electron chi connectivity index (χ0n) is 17.1. The van der Waals surface area contributed by atoms with Crippen molar-refractivity contribution in [2.24, 2.45) is 0 Å².